The lowest BCUT2D eigenvalue weighted by atomic mass is 10.3. The van der Waals surface area contributed by atoms with Gasteiger partial charge in [-0.05, 0) is 28.1 Å². The molecule has 1 saturated heterocycles. The van der Waals surface area contributed by atoms with Crippen molar-refractivity contribution >= 4 is 55.6 Å². The Bertz CT molecular complexity index is 587. The second-order valence-electron chi connectivity index (χ2n) is 4.45. The van der Waals surface area contributed by atoms with Gasteiger partial charge >= 0.3 is 0 Å². The first kappa shape index (κ1) is 18.9. The first-order valence-corrected chi connectivity index (χ1v) is 9.16. The molecule has 1 aliphatic heterocycles. The van der Waals surface area contributed by atoms with E-state index in [1.54, 1.807) is 11.0 Å². The molecule has 0 bridgehead atoms. The van der Waals surface area contributed by atoms with Gasteiger partial charge in [-0.25, -0.2) is 8.42 Å². The van der Waals surface area contributed by atoms with Gasteiger partial charge in [-0.3, -0.25) is 4.79 Å². The maximum Gasteiger partial charge on any atom is 0.252 e. The monoisotopic (exact) mass is 417 g/mol. The van der Waals surface area contributed by atoms with Crippen molar-refractivity contribution in [1.29, 1.82) is 0 Å². The highest BCUT2D eigenvalue weighted by Gasteiger charge is 2.26. The van der Waals surface area contributed by atoms with Gasteiger partial charge in [-0.15, -0.1) is 23.7 Å². The maximum atomic E-state index is 12.3. The van der Waals surface area contributed by atoms with Gasteiger partial charge in [-0.2, -0.15) is 4.31 Å². The van der Waals surface area contributed by atoms with Crippen LogP contribution in [0, 0.1) is 0 Å². The van der Waals surface area contributed by atoms with Crippen LogP contribution in [0.1, 0.15) is 0 Å². The lowest BCUT2D eigenvalue weighted by molar-refractivity contribution is -0.131. The molecular formula is C11H17BrClN3O3S2. The molecule has 2 heterocycles. The summed E-state index contributed by atoms with van der Waals surface area (Å²) >= 11 is 4.38. The number of hydrogen-bond donors (Lipinski definition) is 1. The lowest BCUT2D eigenvalue weighted by Crippen LogP contribution is -2.49. The molecule has 6 nitrogen and oxygen atoms in total. The molecule has 10 heteroatoms. The van der Waals surface area contributed by atoms with E-state index >= 15 is 0 Å². The van der Waals surface area contributed by atoms with Gasteiger partial charge in [0, 0.05) is 33.2 Å². The summed E-state index contributed by atoms with van der Waals surface area (Å²) < 4.78 is 26.7. The molecule has 1 N–H and O–H groups in total. The van der Waals surface area contributed by atoms with Gasteiger partial charge in [0.2, 0.25) is 5.91 Å². The summed E-state index contributed by atoms with van der Waals surface area (Å²) in [5.41, 5.74) is 0. The van der Waals surface area contributed by atoms with E-state index in [9.17, 15) is 13.2 Å². The largest absolute Gasteiger partial charge is 0.339 e. The summed E-state index contributed by atoms with van der Waals surface area (Å²) in [4.78, 5) is 13.8. The van der Waals surface area contributed by atoms with Crippen molar-refractivity contribution in [2.75, 3.05) is 39.8 Å². The third-order valence-corrected chi connectivity index (χ3v) is 6.94. The Kier molecular flexibility index (Phi) is 7.08. The van der Waals surface area contributed by atoms with Crippen molar-refractivity contribution in [1.82, 2.24) is 14.5 Å². The standard InChI is InChI=1S/C11H16BrN3O3S2.ClH/c1-14(8-10(16)15-6-4-13-5-7-15)20(17,18)11-3-2-9(12)19-11;/h2-3,13H,4-8H2,1H3;1H. The fourth-order valence-corrected chi connectivity index (χ4v) is 5.22. The highest BCUT2D eigenvalue weighted by Crippen LogP contribution is 2.27. The van der Waals surface area contributed by atoms with Crippen molar-refractivity contribution in [2.45, 2.75) is 4.21 Å². The molecule has 0 aromatic carbocycles. The molecule has 1 amide bonds. The van der Waals surface area contributed by atoms with Gasteiger partial charge in [0.05, 0.1) is 10.3 Å². The van der Waals surface area contributed by atoms with Gasteiger partial charge in [0.1, 0.15) is 4.21 Å². The zero-order chi connectivity index (χ0) is 14.8. The van der Waals surface area contributed by atoms with Crippen molar-refractivity contribution in [3.8, 4) is 0 Å². The second kappa shape index (κ2) is 7.89. The molecule has 21 heavy (non-hydrogen) atoms. The van der Waals surface area contributed by atoms with Crippen molar-refractivity contribution < 1.29 is 13.2 Å². The molecule has 2 rings (SSSR count). The van der Waals surface area contributed by atoms with Crippen LogP contribution in [0.4, 0.5) is 0 Å². The minimum Gasteiger partial charge on any atom is -0.339 e. The van der Waals surface area contributed by atoms with E-state index in [0.29, 0.717) is 13.1 Å². The number of piperazine rings is 1. The highest BCUT2D eigenvalue weighted by molar-refractivity contribution is 9.11. The number of carbonyl (C=O) groups is 1. The number of halogens is 2. The van der Waals surface area contributed by atoms with Crippen LogP contribution in [-0.4, -0.2) is 63.3 Å². The van der Waals surface area contributed by atoms with Gasteiger partial charge < -0.3 is 10.2 Å². The number of nitrogens with one attached hydrogen (secondary N) is 1. The lowest BCUT2D eigenvalue weighted by Gasteiger charge is -2.28. The third-order valence-electron chi connectivity index (χ3n) is 3.04. The first-order chi connectivity index (χ1) is 9.41. The Balaban J connectivity index is 0.00000220. The topological polar surface area (TPSA) is 69.7 Å². The van der Waals surface area contributed by atoms with E-state index in [1.165, 1.54) is 13.1 Å². The fourth-order valence-electron chi connectivity index (χ4n) is 1.88. The Morgan fingerprint density at radius 1 is 1.43 bits per heavy atom. The van der Waals surface area contributed by atoms with Gasteiger partial charge in [0.15, 0.2) is 0 Å². The number of carbonyl (C=O) groups excluding carboxylic acids is 1. The van der Waals surface area contributed by atoms with Crippen LogP contribution >= 0.6 is 39.7 Å². The predicted octanol–water partition coefficient (Wildman–Crippen LogP) is 0.985. The smallest absolute Gasteiger partial charge is 0.252 e. The second-order valence-corrected chi connectivity index (χ2v) is 9.19. The molecule has 0 saturated carbocycles. The van der Waals surface area contributed by atoms with E-state index in [2.05, 4.69) is 21.2 Å². The number of thiophene rings is 1. The van der Waals surface area contributed by atoms with Crippen molar-refractivity contribution in [3.05, 3.63) is 15.9 Å². The first-order valence-electron chi connectivity index (χ1n) is 6.11. The molecule has 0 aliphatic carbocycles. The van der Waals surface area contributed by atoms with Crippen LogP contribution in [0.25, 0.3) is 0 Å². The third kappa shape index (κ3) is 4.64. The molecular weight excluding hydrogens is 402 g/mol. The Morgan fingerprint density at radius 2 is 2.05 bits per heavy atom. The number of sulfonamides is 1. The summed E-state index contributed by atoms with van der Waals surface area (Å²) in [6, 6.07) is 3.22. The Morgan fingerprint density at radius 3 is 2.57 bits per heavy atom. The molecule has 1 aliphatic rings. The minimum absolute atomic E-state index is 0. The van der Waals surface area contributed by atoms with E-state index in [0.717, 1.165) is 32.5 Å². The zero-order valence-electron chi connectivity index (χ0n) is 11.4. The molecule has 0 unspecified atom stereocenters. The summed E-state index contributed by atoms with van der Waals surface area (Å²) in [5, 5.41) is 3.15. The quantitative estimate of drug-likeness (QED) is 0.791. The van der Waals surface area contributed by atoms with E-state index < -0.39 is 10.0 Å². The summed E-state index contributed by atoms with van der Waals surface area (Å²) in [7, 11) is -2.16. The molecule has 1 fully saturated rings. The highest BCUT2D eigenvalue weighted by atomic mass is 79.9. The summed E-state index contributed by atoms with van der Waals surface area (Å²) in [6.45, 7) is 2.62. The van der Waals surface area contributed by atoms with Crippen molar-refractivity contribution in [2.24, 2.45) is 0 Å². The Hall–Kier alpha value is -0.190. The van der Waals surface area contributed by atoms with Crippen molar-refractivity contribution in [3.63, 3.8) is 0 Å². The molecule has 1 aromatic rings. The van der Waals surface area contributed by atoms with E-state index in [-0.39, 0.29) is 29.1 Å². The number of likely N-dealkylation sites (N-methyl/N-ethyl adjacent to an activating group) is 1. The molecule has 0 spiro atoms. The number of hydrogen-bond acceptors (Lipinski definition) is 5. The number of rotatable bonds is 4. The molecule has 0 radical (unpaired) electrons. The SMILES string of the molecule is CN(CC(=O)N1CCNCC1)S(=O)(=O)c1ccc(Br)s1.Cl. The van der Waals surface area contributed by atoms with E-state index in [4.69, 9.17) is 0 Å². The summed E-state index contributed by atoms with van der Waals surface area (Å²) in [5.74, 6) is -0.159. The molecule has 120 valence electrons. The zero-order valence-corrected chi connectivity index (χ0v) is 15.4. The van der Waals surface area contributed by atoms with Crippen LogP contribution in [-0.2, 0) is 14.8 Å². The van der Waals surface area contributed by atoms with Crippen LogP contribution in [0.5, 0.6) is 0 Å². The Labute approximate surface area is 143 Å². The van der Waals surface area contributed by atoms with Crippen LogP contribution in [0.3, 0.4) is 0 Å². The average molecular weight is 419 g/mol. The van der Waals surface area contributed by atoms with Gasteiger partial charge in [0.25, 0.3) is 10.0 Å². The van der Waals surface area contributed by atoms with Gasteiger partial charge in [-0.1, -0.05) is 0 Å². The van der Waals surface area contributed by atoms with Crippen LogP contribution < -0.4 is 5.32 Å². The minimum atomic E-state index is -3.59. The number of nitrogens with zero attached hydrogens (tertiary/aromatic N) is 2. The fraction of sp³-hybridized carbons (Fsp3) is 0.545. The number of amides is 1. The predicted molar refractivity (Wildman–Crippen MR) is 88.5 cm³/mol. The van der Waals surface area contributed by atoms with Crippen LogP contribution in [0.2, 0.25) is 0 Å². The van der Waals surface area contributed by atoms with E-state index in [1.807, 2.05) is 0 Å². The van der Waals surface area contributed by atoms with Crippen LogP contribution in [0.15, 0.2) is 20.1 Å². The molecule has 0 atom stereocenters. The normalized spacial score (nSPS) is 15.9. The average Bonchev–Trinajstić information content (AvgIpc) is 2.87. The maximum absolute atomic E-state index is 12.3. The summed E-state index contributed by atoms with van der Waals surface area (Å²) in [6.07, 6.45) is 0. The molecule has 1 aromatic heterocycles.